The summed E-state index contributed by atoms with van der Waals surface area (Å²) < 4.78 is 7.48. The Kier molecular flexibility index (Phi) is 5.43. The first-order valence-corrected chi connectivity index (χ1v) is 10.3. The normalized spacial score (nSPS) is 20.7. The molecule has 0 saturated carbocycles. The molecule has 3 heterocycles. The summed E-state index contributed by atoms with van der Waals surface area (Å²) in [7, 11) is 0. The highest BCUT2D eigenvalue weighted by Gasteiger charge is 2.29. The molecule has 1 saturated heterocycles. The summed E-state index contributed by atoms with van der Waals surface area (Å²) in [6, 6.07) is 3.98. The molecule has 6 heteroatoms. The molecule has 1 aliphatic heterocycles. The van der Waals surface area contributed by atoms with Crippen molar-refractivity contribution in [3.8, 4) is 5.00 Å². The van der Waals surface area contributed by atoms with Crippen molar-refractivity contribution in [1.29, 1.82) is 0 Å². The Balaban J connectivity index is 1.56. The lowest BCUT2D eigenvalue weighted by atomic mass is 9.92. The molecule has 2 aromatic heterocycles. The first-order valence-electron chi connectivity index (χ1n) is 9.52. The Labute approximate surface area is 158 Å². The highest BCUT2D eigenvalue weighted by atomic mass is 32.1. The number of hydrogen-bond acceptors (Lipinski definition) is 4. The number of hydrogen-bond donors (Lipinski definition) is 2. The number of carbonyl (C=O) groups excluding carboxylic acids is 1. The molecule has 2 aliphatic rings. The number of rotatable bonds is 6. The van der Waals surface area contributed by atoms with Gasteiger partial charge in [0.25, 0.3) is 5.91 Å². The van der Waals surface area contributed by atoms with Gasteiger partial charge in [0.15, 0.2) is 0 Å². The van der Waals surface area contributed by atoms with E-state index in [4.69, 9.17) is 4.74 Å². The average Bonchev–Trinajstić information content (AvgIpc) is 3.41. The van der Waals surface area contributed by atoms with Gasteiger partial charge in [-0.3, -0.25) is 4.79 Å². The molecule has 2 atom stereocenters. The molecule has 5 nitrogen and oxygen atoms in total. The number of ether oxygens (including phenoxy) is 1. The van der Waals surface area contributed by atoms with Gasteiger partial charge in [0.05, 0.1) is 5.56 Å². The van der Waals surface area contributed by atoms with Crippen LogP contribution >= 0.6 is 11.3 Å². The lowest BCUT2D eigenvalue weighted by molar-refractivity contribution is 0.0917. The molecule has 4 rings (SSSR count). The molecule has 1 fully saturated rings. The smallest absolute Gasteiger partial charge is 0.254 e. The topological polar surface area (TPSA) is 63.5 Å². The van der Waals surface area contributed by atoms with Gasteiger partial charge in [-0.1, -0.05) is 0 Å². The van der Waals surface area contributed by atoms with Crippen molar-refractivity contribution >= 4 is 17.2 Å². The molecule has 0 radical (unpaired) electrons. The molecular weight excluding hydrogens is 348 g/mol. The number of aromatic nitrogens is 1. The van der Waals surface area contributed by atoms with E-state index in [1.807, 2.05) is 29.1 Å². The summed E-state index contributed by atoms with van der Waals surface area (Å²) >= 11 is 1.75. The predicted molar refractivity (Wildman–Crippen MR) is 102 cm³/mol. The second-order valence-electron chi connectivity index (χ2n) is 7.26. The molecule has 26 heavy (non-hydrogen) atoms. The molecule has 2 aromatic rings. The number of aryl methyl sites for hydroxylation is 1. The number of nitrogens with zero attached hydrogens (tertiary/aromatic N) is 1. The Bertz CT molecular complexity index is 747. The lowest BCUT2D eigenvalue weighted by Gasteiger charge is -2.21. The van der Waals surface area contributed by atoms with E-state index in [9.17, 15) is 9.90 Å². The van der Waals surface area contributed by atoms with Crippen LogP contribution in [0, 0.1) is 11.8 Å². The zero-order valence-corrected chi connectivity index (χ0v) is 15.8. The standard InChI is InChI=1S/C20H26N2O3S/c23-12-15(14-7-10-25-13-14)11-21-19(24)18-16-5-1-2-6-17(16)26-20(18)22-8-3-4-9-22/h3-4,8-9,14-15,23H,1-2,5-7,10-13H2,(H,21,24). The fraction of sp³-hybridized carbons (Fsp3) is 0.550. The Morgan fingerprint density at radius 3 is 2.88 bits per heavy atom. The number of nitrogens with one attached hydrogen (secondary N) is 1. The van der Waals surface area contributed by atoms with Crippen LogP contribution in [0.25, 0.3) is 5.00 Å². The van der Waals surface area contributed by atoms with Gasteiger partial charge < -0.3 is 19.7 Å². The average molecular weight is 375 g/mol. The molecule has 2 N–H and O–H groups in total. The third-order valence-electron chi connectivity index (χ3n) is 5.61. The van der Waals surface area contributed by atoms with Crippen molar-refractivity contribution < 1.29 is 14.6 Å². The van der Waals surface area contributed by atoms with E-state index in [-0.39, 0.29) is 18.4 Å². The number of aliphatic hydroxyl groups is 1. The highest BCUT2D eigenvalue weighted by molar-refractivity contribution is 7.15. The van der Waals surface area contributed by atoms with E-state index in [0.717, 1.165) is 42.9 Å². The van der Waals surface area contributed by atoms with E-state index >= 15 is 0 Å². The fourth-order valence-electron chi connectivity index (χ4n) is 4.05. The predicted octanol–water partition coefficient (Wildman–Crippen LogP) is 2.79. The molecule has 1 aliphatic carbocycles. The molecule has 0 aromatic carbocycles. The third kappa shape index (κ3) is 3.46. The largest absolute Gasteiger partial charge is 0.396 e. The number of thiophene rings is 1. The minimum absolute atomic E-state index is 0.00883. The second-order valence-corrected chi connectivity index (χ2v) is 8.34. The van der Waals surface area contributed by atoms with Gasteiger partial charge in [0.1, 0.15) is 5.00 Å². The third-order valence-corrected chi connectivity index (χ3v) is 6.91. The lowest BCUT2D eigenvalue weighted by Crippen LogP contribution is -2.35. The Morgan fingerprint density at radius 2 is 2.15 bits per heavy atom. The minimum atomic E-state index is -0.00883. The summed E-state index contributed by atoms with van der Waals surface area (Å²) in [6.45, 7) is 2.02. The van der Waals surface area contributed by atoms with Crippen molar-refractivity contribution in [3.63, 3.8) is 0 Å². The van der Waals surface area contributed by atoms with E-state index in [0.29, 0.717) is 19.1 Å². The van der Waals surface area contributed by atoms with Crippen molar-refractivity contribution in [3.05, 3.63) is 40.5 Å². The van der Waals surface area contributed by atoms with Crippen LogP contribution in [0.15, 0.2) is 24.5 Å². The molecule has 0 spiro atoms. The zero-order valence-electron chi connectivity index (χ0n) is 14.9. The van der Waals surface area contributed by atoms with E-state index < -0.39 is 0 Å². The van der Waals surface area contributed by atoms with Crippen LogP contribution in [0.5, 0.6) is 0 Å². The minimum Gasteiger partial charge on any atom is -0.396 e. The van der Waals surface area contributed by atoms with E-state index in [1.54, 1.807) is 11.3 Å². The Hall–Kier alpha value is -1.63. The van der Waals surface area contributed by atoms with Crippen molar-refractivity contribution in [2.45, 2.75) is 32.1 Å². The van der Waals surface area contributed by atoms with Crippen LogP contribution in [0.2, 0.25) is 0 Å². The first kappa shape index (κ1) is 17.8. The van der Waals surface area contributed by atoms with Gasteiger partial charge in [-0.05, 0) is 55.7 Å². The van der Waals surface area contributed by atoms with Crippen LogP contribution in [0.3, 0.4) is 0 Å². The molecular formula is C20H26N2O3S. The summed E-state index contributed by atoms with van der Waals surface area (Å²) in [4.78, 5) is 14.5. The maximum atomic E-state index is 13.1. The van der Waals surface area contributed by atoms with Crippen molar-refractivity contribution in [1.82, 2.24) is 9.88 Å². The fourth-order valence-corrected chi connectivity index (χ4v) is 5.41. The van der Waals surface area contributed by atoms with Crippen LogP contribution in [0.1, 0.15) is 40.1 Å². The SMILES string of the molecule is O=C(NCC(CO)C1CCOC1)c1c(-n2cccc2)sc2c1CCCC2. The summed E-state index contributed by atoms with van der Waals surface area (Å²) in [5.74, 6) is 0.386. The number of fused-ring (bicyclic) bond motifs is 1. The van der Waals surface area contributed by atoms with Crippen molar-refractivity contribution in [2.24, 2.45) is 11.8 Å². The quantitative estimate of drug-likeness (QED) is 0.817. The Morgan fingerprint density at radius 1 is 1.35 bits per heavy atom. The summed E-state index contributed by atoms with van der Waals surface area (Å²) in [6.07, 6.45) is 9.36. The number of aliphatic hydroxyl groups excluding tert-OH is 1. The van der Waals surface area contributed by atoms with Crippen LogP contribution in [-0.2, 0) is 17.6 Å². The summed E-state index contributed by atoms with van der Waals surface area (Å²) in [5.41, 5.74) is 2.06. The maximum Gasteiger partial charge on any atom is 0.254 e. The molecule has 0 bridgehead atoms. The number of carbonyl (C=O) groups is 1. The monoisotopic (exact) mass is 374 g/mol. The van der Waals surface area contributed by atoms with Crippen LogP contribution in [0.4, 0.5) is 0 Å². The first-order chi connectivity index (χ1) is 12.8. The zero-order chi connectivity index (χ0) is 17.9. The summed E-state index contributed by atoms with van der Waals surface area (Å²) in [5, 5.41) is 13.8. The van der Waals surface area contributed by atoms with Gasteiger partial charge in [0, 0.05) is 49.6 Å². The van der Waals surface area contributed by atoms with Gasteiger partial charge in [-0.25, -0.2) is 0 Å². The van der Waals surface area contributed by atoms with Crippen LogP contribution in [-0.4, -0.2) is 41.9 Å². The van der Waals surface area contributed by atoms with E-state index in [1.165, 1.54) is 16.9 Å². The van der Waals surface area contributed by atoms with Crippen molar-refractivity contribution in [2.75, 3.05) is 26.4 Å². The van der Waals surface area contributed by atoms with Crippen LogP contribution < -0.4 is 5.32 Å². The molecule has 2 unspecified atom stereocenters. The van der Waals surface area contributed by atoms with Gasteiger partial charge in [-0.15, -0.1) is 11.3 Å². The van der Waals surface area contributed by atoms with Gasteiger partial charge in [-0.2, -0.15) is 0 Å². The maximum absolute atomic E-state index is 13.1. The molecule has 1 amide bonds. The van der Waals surface area contributed by atoms with E-state index in [2.05, 4.69) is 5.32 Å². The number of amides is 1. The second kappa shape index (κ2) is 7.94. The molecule has 140 valence electrons. The van der Waals surface area contributed by atoms with Gasteiger partial charge in [0.2, 0.25) is 0 Å². The highest BCUT2D eigenvalue weighted by Crippen LogP contribution is 2.37. The van der Waals surface area contributed by atoms with Gasteiger partial charge >= 0.3 is 0 Å².